The molecule has 1 N–H and O–H groups in total. The summed E-state index contributed by atoms with van der Waals surface area (Å²) in [7, 11) is 0. The largest absolute Gasteiger partial charge is 0.449 e. The number of alkyl halides is 3. The molecule has 2 rings (SSSR count). The van der Waals surface area contributed by atoms with Crippen LogP contribution in [0.3, 0.4) is 0 Å². The monoisotopic (exact) mass is 365 g/mol. The summed E-state index contributed by atoms with van der Waals surface area (Å²) >= 11 is 0. The van der Waals surface area contributed by atoms with Crippen molar-refractivity contribution in [3.05, 3.63) is 65.2 Å². The van der Waals surface area contributed by atoms with E-state index in [-0.39, 0.29) is 11.3 Å². The molecule has 0 aliphatic rings. The fraction of sp³-hybridized carbons (Fsp3) is 0.167. The van der Waals surface area contributed by atoms with Crippen molar-refractivity contribution >= 4 is 23.9 Å². The summed E-state index contributed by atoms with van der Waals surface area (Å²) < 4.78 is 42.5. The van der Waals surface area contributed by atoms with Crippen LogP contribution in [0.5, 0.6) is 0 Å². The number of rotatable bonds is 5. The van der Waals surface area contributed by atoms with Crippen LogP contribution in [-0.2, 0) is 15.7 Å². The lowest BCUT2D eigenvalue weighted by molar-refractivity contribution is -0.137. The van der Waals surface area contributed by atoms with Crippen molar-refractivity contribution < 1.29 is 32.3 Å². The van der Waals surface area contributed by atoms with E-state index in [0.717, 1.165) is 24.3 Å². The van der Waals surface area contributed by atoms with Gasteiger partial charge in [0, 0.05) is 11.3 Å². The molecule has 136 valence electrons. The summed E-state index contributed by atoms with van der Waals surface area (Å²) in [6.45, 7) is 1.33. The zero-order chi connectivity index (χ0) is 19.3. The smallest absolute Gasteiger partial charge is 0.416 e. The second kappa shape index (κ2) is 7.81. The van der Waals surface area contributed by atoms with E-state index in [1.165, 1.54) is 31.2 Å². The fourth-order valence-corrected chi connectivity index (χ4v) is 1.97. The number of anilines is 1. The van der Waals surface area contributed by atoms with Gasteiger partial charge in [-0.2, -0.15) is 13.2 Å². The first-order chi connectivity index (χ1) is 12.2. The van der Waals surface area contributed by atoms with Crippen molar-refractivity contribution in [2.24, 2.45) is 0 Å². The molecule has 0 aliphatic carbocycles. The topological polar surface area (TPSA) is 72.5 Å². The van der Waals surface area contributed by atoms with E-state index in [9.17, 15) is 27.6 Å². The van der Waals surface area contributed by atoms with Gasteiger partial charge in [0.25, 0.3) is 5.91 Å². The second-order valence-electron chi connectivity index (χ2n) is 5.35. The van der Waals surface area contributed by atoms with Crippen LogP contribution in [0.25, 0.3) is 0 Å². The minimum absolute atomic E-state index is 0.140. The number of carbonyl (C=O) groups excluding carboxylic acids is 3. The number of benzene rings is 2. The quantitative estimate of drug-likeness (QED) is 0.648. The maximum atomic E-state index is 12.5. The van der Waals surface area contributed by atoms with Gasteiger partial charge in [0.05, 0.1) is 11.1 Å². The Hall–Kier alpha value is -3.16. The maximum Gasteiger partial charge on any atom is 0.416 e. The average molecular weight is 365 g/mol. The lowest BCUT2D eigenvalue weighted by atomic mass is 10.1. The Morgan fingerprint density at radius 3 is 2.12 bits per heavy atom. The fourth-order valence-electron chi connectivity index (χ4n) is 1.97. The molecule has 0 saturated heterocycles. The molecule has 0 fully saturated rings. The molecule has 0 unspecified atom stereocenters. The van der Waals surface area contributed by atoms with E-state index < -0.39 is 29.7 Å². The molecule has 1 atom stereocenters. The molecular formula is C18H14F3NO4. The number of ether oxygens (including phenoxy) is 1. The molecule has 2 aromatic rings. The Morgan fingerprint density at radius 1 is 1.04 bits per heavy atom. The number of carbonyl (C=O) groups is 3. The first-order valence-electron chi connectivity index (χ1n) is 7.45. The van der Waals surface area contributed by atoms with E-state index in [2.05, 4.69) is 5.32 Å². The van der Waals surface area contributed by atoms with Crippen LogP contribution in [0, 0.1) is 0 Å². The molecule has 8 heteroatoms. The number of hydrogen-bond acceptors (Lipinski definition) is 4. The van der Waals surface area contributed by atoms with Crippen LogP contribution >= 0.6 is 0 Å². The van der Waals surface area contributed by atoms with E-state index in [0.29, 0.717) is 11.8 Å². The van der Waals surface area contributed by atoms with Gasteiger partial charge in [-0.05, 0) is 43.3 Å². The molecule has 1 amide bonds. The zero-order valence-electron chi connectivity index (χ0n) is 13.5. The Balaban J connectivity index is 1.96. The van der Waals surface area contributed by atoms with Crippen molar-refractivity contribution in [2.45, 2.75) is 19.2 Å². The first kappa shape index (κ1) is 19.2. The molecule has 0 spiro atoms. The van der Waals surface area contributed by atoms with Gasteiger partial charge in [0.1, 0.15) is 6.29 Å². The molecule has 26 heavy (non-hydrogen) atoms. The third-order valence-electron chi connectivity index (χ3n) is 3.42. The Kier molecular flexibility index (Phi) is 5.76. The normalized spacial score (nSPS) is 12.2. The van der Waals surface area contributed by atoms with Gasteiger partial charge in [-0.3, -0.25) is 9.59 Å². The predicted octanol–water partition coefficient (Wildman–Crippen LogP) is 3.70. The highest BCUT2D eigenvalue weighted by atomic mass is 19.4. The van der Waals surface area contributed by atoms with Crippen LogP contribution in [0.4, 0.5) is 18.9 Å². The molecular weight excluding hydrogens is 351 g/mol. The van der Waals surface area contributed by atoms with Gasteiger partial charge in [0.15, 0.2) is 6.10 Å². The molecule has 2 aromatic carbocycles. The number of halogens is 3. The molecule has 5 nitrogen and oxygen atoms in total. The van der Waals surface area contributed by atoms with Crippen LogP contribution in [0.1, 0.15) is 33.2 Å². The van der Waals surface area contributed by atoms with Crippen LogP contribution < -0.4 is 5.32 Å². The van der Waals surface area contributed by atoms with E-state index in [1.807, 2.05) is 0 Å². The van der Waals surface area contributed by atoms with Crippen molar-refractivity contribution in [3.8, 4) is 0 Å². The summed E-state index contributed by atoms with van der Waals surface area (Å²) in [5, 5.41) is 2.37. The van der Waals surface area contributed by atoms with Gasteiger partial charge in [-0.15, -0.1) is 0 Å². The van der Waals surface area contributed by atoms with Gasteiger partial charge >= 0.3 is 12.1 Å². The lowest BCUT2D eigenvalue weighted by Crippen LogP contribution is -2.30. The number of nitrogens with one attached hydrogen (secondary N) is 1. The SMILES string of the molecule is C[C@@H](OC(=O)c1ccc(C=O)cc1)C(=O)Nc1ccc(C(F)(F)F)cc1. The minimum Gasteiger partial charge on any atom is -0.449 e. The van der Waals surface area contributed by atoms with E-state index in [1.54, 1.807) is 0 Å². The lowest BCUT2D eigenvalue weighted by Gasteiger charge is -2.14. The molecule has 0 bridgehead atoms. The molecule has 0 saturated carbocycles. The molecule has 0 aromatic heterocycles. The van der Waals surface area contributed by atoms with Gasteiger partial charge in [-0.1, -0.05) is 12.1 Å². The number of hydrogen-bond donors (Lipinski definition) is 1. The summed E-state index contributed by atoms with van der Waals surface area (Å²) in [5.74, 6) is -1.46. The summed E-state index contributed by atoms with van der Waals surface area (Å²) in [4.78, 5) is 34.5. The minimum atomic E-state index is -4.47. The van der Waals surface area contributed by atoms with Crippen molar-refractivity contribution in [1.82, 2.24) is 0 Å². The van der Waals surface area contributed by atoms with Crippen molar-refractivity contribution in [3.63, 3.8) is 0 Å². The Labute approximate surface area is 146 Å². The summed E-state index contributed by atoms with van der Waals surface area (Å²) in [6, 6.07) is 9.49. The summed E-state index contributed by atoms with van der Waals surface area (Å²) in [6.07, 6.45) is -5.02. The molecule has 0 heterocycles. The Bertz CT molecular complexity index is 799. The van der Waals surface area contributed by atoms with Crippen molar-refractivity contribution in [1.29, 1.82) is 0 Å². The highest BCUT2D eigenvalue weighted by Crippen LogP contribution is 2.29. The number of esters is 1. The average Bonchev–Trinajstić information content (AvgIpc) is 2.61. The second-order valence-corrected chi connectivity index (χ2v) is 5.35. The van der Waals surface area contributed by atoms with E-state index >= 15 is 0 Å². The van der Waals surface area contributed by atoms with Gasteiger partial charge < -0.3 is 10.1 Å². The number of amides is 1. The highest BCUT2D eigenvalue weighted by molar-refractivity contribution is 5.97. The van der Waals surface area contributed by atoms with Gasteiger partial charge in [0.2, 0.25) is 0 Å². The third kappa shape index (κ3) is 4.92. The van der Waals surface area contributed by atoms with Gasteiger partial charge in [-0.25, -0.2) is 4.79 Å². The maximum absolute atomic E-state index is 12.5. The van der Waals surface area contributed by atoms with Crippen LogP contribution in [0.2, 0.25) is 0 Å². The number of aldehydes is 1. The third-order valence-corrected chi connectivity index (χ3v) is 3.42. The predicted molar refractivity (Wildman–Crippen MR) is 86.8 cm³/mol. The molecule has 0 radical (unpaired) electrons. The van der Waals surface area contributed by atoms with Crippen LogP contribution in [-0.4, -0.2) is 24.3 Å². The van der Waals surface area contributed by atoms with Crippen molar-refractivity contribution in [2.75, 3.05) is 5.32 Å². The highest BCUT2D eigenvalue weighted by Gasteiger charge is 2.30. The first-order valence-corrected chi connectivity index (χ1v) is 7.45. The molecule has 0 aliphatic heterocycles. The van der Waals surface area contributed by atoms with E-state index in [4.69, 9.17) is 4.74 Å². The standard InChI is InChI=1S/C18H14F3NO4/c1-11(26-17(25)13-4-2-12(10-23)3-5-13)16(24)22-15-8-6-14(7-9-15)18(19,20)21/h2-11H,1H3,(H,22,24)/t11-/m1/s1. The Morgan fingerprint density at radius 2 is 1.62 bits per heavy atom. The summed E-state index contributed by atoms with van der Waals surface area (Å²) in [5.41, 5.74) is -0.158. The zero-order valence-corrected chi connectivity index (χ0v) is 13.5. The van der Waals surface area contributed by atoms with Crippen LogP contribution in [0.15, 0.2) is 48.5 Å².